The molecule has 4 heteroatoms. The highest BCUT2D eigenvalue weighted by Crippen LogP contribution is 2.31. The Bertz CT molecular complexity index is 1210. The Kier molecular flexibility index (Phi) is 9.56. The molecule has 4 aromatic rings. The Hall–Kier alpha value is -3.37. The summed E-state index contributed by atoms with van der Waals surface area (Å²) in [7, 11) is 4.19. The zero-order valence-corrected chi connectivity index (χ0v) is 23.0. The maximum absolute atomic E-state index is 5.31. The van der Waals surface area contributed by atoms with Crippen LogP contribution in [0.15, 0.2) is 84.9 Å². The van der Waals surface area contributed by atoms with Crippen molar-refractivity contribution >= 4 is 5.69 Å². The van der Waals surface area contributed by atoms with Gasteiger partial charge in [0, 0.05) is 50.5 Å². The molecule has 1 heterocycles. The lowest BCUT2D eigenvalue weighted by Gasteiger charge is -2.24. The van der Waals surface area contributed by atoms with E-state index in [0.29, 0.717) is 0 Å². The van der Waals surface area contributed by atoms with Crippen LogP contribution >= 0.6 is 0 Å². The van der Waals surface area contributed by atoms with Crippen LogP contribution in [0.2, 0.25) is 0 Å². The van der Waals surface area contributed by atoms with E-state index >= 15 is 0 Å². The van der Waals surface area contributed by atoms with Crippen molar-refractivity contribution in [3.8, 4) is 22.6 Å². The van der Waals surface area contributed by atoms with Crippen LogP contribution in [0, 0.1) is 0 Å². The number of nitrogens with zero attached hydrogens (tertiary/aromatic N) is 4. The van der Waals surface area contributed by atoms with E-state index in [2.05, 4.69) is 127 Å². The molecule has 0 saturated heterocycles. The zero-order chi connectivity index (χ0) is 26.0. The van der Waals surface area contributed by atoms with Crippen LogP contribution in [0.25, 0.3) is 22.6 Å². The molecule has 194 valence electrons. The minimum absolute atomic E-state index is 0.878. The molecular weight excluding hydrogens is 452 g/mol. The molecule has 0 amide bonds. The molecule has 0 saturated carbocycles. The van der Waals surface area contributed by atoms with E-state index in [-0.39, 0.29) is 0 Å². The van der Waals surface area contributed by atoms with E-state index in [1.807, 2.05) is 0 Å². The number of unbranched alkanes of at least 4 members (excludes halogenated alkanes) is 2. The van der Waals surface area contributed by atoms with E-state index < -0.39 is 0 Å². The minimum atomic E-state index is 0.878. The molecular formula is C33H42N4. The van der Waals surface area contributed by atoms with Crippen LogP contribution in [-0.4, -0.2) is 35.1 Å². The third kappa shape index (κ3) is 6.90. The van der Waals surface area contributed by atoms with Crippen LogP contribution in [-0.2, 0) is 19.6 Å². The Balaban J connectivity index is 1.75. The first-order valence-electron chi connectivity index (χ1n) is 13.8. The van der Waals surface area contributed by atoms with Gasteiger partial charge in [0.15, 0.2) is 0 Å². The van der Waals surface area contributed by atoms with Gasteiger partial charge in [0.1, 0.15) is 5.82 Å². The molecule has 0 aliphatic heterocycles. The van der Waals surface area contributed by atoms with E-state index in [4.69, 9.17) is 4.98 Å². The summed E-state index contributed by atoms with van der Waals surface area (Å²) in [6.07, 6.45) is 4.67. The maximum Gasteiger partial charge on any atom is 0.140 e. The lowest BCUT2D eigenvalue weighted by Crippen LogP contribution is -2.26. The maximum atomic E-state index is 5.31. The predicted molar refractivity (Wildman–Crippen MR) is 158 cm³/mol. The Morgan fingerprint density at radius 2 is 1.32 bits per heavy atom. The van der Waals surface area contributed by atoms with Crippen LogP contribution in [0.5, 0.6) is 0 Å². The third-order valence-electron chi connectivity index (χ3n) is 6.95. The van der Waals surface area contributed by atoms with Crippen LogP contribution in [0.1, 0.15) is 50.8 Å². The summed E-state index contributed by atoms with van der Waals surface area (Å²) in [6, 6.07) is 30.4. The molecule has 3 aromatic carbocycles. The Labute approximate surface area is 223 Å². The minimum Gasteiger partial charge on any atom is -0.378 e. The average molecular weight is 495 g/mol. The Morgan fingerprint density at radius 1 is 0.703 bits per heavy atom. The van der Waals surface area contributed by atoms with Gasteiger partial charge in [-0.3, -0.25) is 4.90 Å². The molecule has 0 radical (unpaired) electrons. The summed E-state index contributed by atoms with van der Waals surface area (Å²) in [4.78, 5) is 10.1. The molecule has 1 aromatic heterocycles. The smallest absolute Gasteiger partial charge is 0.140 e. The van der Waals surface area contributed by atoms with E-state index in [1.165, 1.54) is 40.9 Å². The molecule has 0 atom stereocenters. The van der Waals surface area contributed by atoms with Gasteiger partial charge in [-0.05, 0) is 37.1 Å². The Morgan fingerprint density at radius 3 is 1.92 bits per heavy atom. The van der Waals surface area contributed by atoms with Crippen molar-refractivity contribution in [3.05, 3.63) is 96.2 Å². The lowest BCUT2D eigenvalue weighted by atomic mass is 10.1. The van der Waals surface area contributed by atoms with Crippen molar-refractivity contribution in [1.82, 2.24) is 14.5 Å². The highest BCUT2D eigenvalue weighted by atomic mass is 15.2. The number of rotatable bonds is 13. The van der Waals surface area contributed by atoms with Gasteiger partial charge in [0.05, 0.1) is 11.4 Å². The fraction of sp³-hybridized carbons (Fsp3) is 0.364. The van der Waals surface area contributed by atoms with E-state index in [0.717, 1.165) is 50.5 Å². The van der Waals surface area contributed by atoms with E-state index in [1.54, 1.807) is 0 Å². The number of benzene rings is 3. The summed E-state index contributed by atoms with van der Waals surface area (Å²) in [5.74, 6) is 1.08. The molecule has 4 rings (SSSR count). The molecule has 0 spiro atoms. The average Bonchev–Trinajstić information content (AvgIpc) is 3.29. The monoisotopic (exact) mass is 494 g/mol. The number of aromatic nitrogens is 2. The molecule has 4 nitrogen and oxygen atoms in total. The van der Waals surface area contributed by atoms with Crippen LogP contribution in [0.4, 0.5) is 5.69 Å². The highest BCUT2D eigenvalue weighted by molar-refractivity contribution is 5.68. The third-order valence-corrected chi connectivity index (χ3v) is 6.95. The van der Waals surface area contributed by atoms with Crippen molar-refractivity contribution in [2.45, 2.75) is 59.2 Å². The van der Waals surface area contributed by atoms with Crippen molar-refractivity contribution in [2.75, 3.05) is 25.5 Å². The van der Waals surface area contributed by atoms with Crippen LogP contribution < -0.4 is 4.90 Å². The standard InChI is InChI=1S/C33H42N4/c1-5-7-23-36(25-27-19-21-30(22-20-27)35(3)4)26-31-32(28-15-11-9-12-16-28)34-33(37(31)24-8-6-2)29-17-13-10-14-18-29/h9-22H,5-8,23-26H2,1-4H3. The SMILES string of the molecule is CCCCN(Cc1ccc(N(C)C)cc1)Cc1c(-c2ccccc2)nc(-c2ccccc2)n1CCCC. The van der Waals surface area contributed by atoms with Crippen molar-refractivity contribution in [2.24, 2.45) is 0 Å². The van der Waals surface area contributed by atoms with Crippen molar-refractivity contribution < 1.29 is 0 Å². The summed E-state index contributed by atoms with van der Waals surface area (Å²) in [5.41, 5.74) is 7.39. The molecule has 0 aliphatic rings. The van der Waals surface area contributed by atoms with Crippen LogP contribution in [0.3, 0.4) is 0 Å². The lowest BCUT2D eigenvalue weighted by molar-refractivity contribution is 0.246. The fourth-order valence-electron chi connectivity index (χ4n) is 4.80. The van der Waals surface area contributed by atoms with E-state index in [9.17, 15) is 0 Å². The largest absolute Gasteiger partial charge is 0.378 e. The van der Waals surface area contributed by atoms with Gasteiger partial charge < -0.3 is 9.47 Å². The number of hydrogen-bond donors (Lipinski definition) is 0. The number of hydrogen-bond acceptors (Lipinski definition) is 3. The first-order valence-corrected chi connectivity index (χ1v) is 13.8. The van der Waals surface area contributed by atoms with Gasteiger partial charge in [-0.25, -0.2) is 4.98 Å². The summed E-state index contributed by atoms with van der Waals surface area (Å²) < 4.78 is 2.50. The van der Waals surface area contributed by atoms with Gasteiger partial charge in [-0.1, -0.05) is 99.5 Å². The topological polar surface area (TPSA) is 24.3 Å². The molecule has 0 N–H and O–H groups in total. The second kappa shape index (κ2) is 13.3. The quantitative estimate of drug-likeness (QED) is 0.189. The number of imidazole rings is 1. The molecule has 37 heavy (non-hydrogen) atoms. The van der Waals surface area contributed by atoms with Gasteiger partial charge in [0.25, 0.3) is 0 Å². The van der Waals surface area contributed by atoms with Crippen molar-refractivity contribution in [3.63, 3.8) is 0 Å². The van der Waals surface area contributed by atoms with Gasteiger partial charge in [-0.2, -0.15) is 0 Å². The first kappa shape index (κ1) is 26.7. The molecule has 0 bridgehead atoms. The van der Waals surface area contributed by atoms with Gasteiger partial charge >= 0.3 is 0 Å². The fourth-order valence-corrected chi connectivity index (χ4v) is 4.80. The number of anilines is 1. The van der Waals surface area contributed by atoms with Crippen molar-refractivity contribution in [1.29, 1.82) is 0 Å². The summed E-state index contributed by atoms with van der Waals surface area (Å²) >= 11 is 0. The predicted octanol–water partition coefficient (Wildman–Crippen LogP) is 7.89. The highest BCUT2D eigenvalue weighted by Gasteiger charge is 2.21. The second-order valence-electron chi connectivity index (χ2n) is 10.1. The first-order chi connectivity index (χ1) is 18.1. The molecule has 0 aliphatic carbocycles. The molecule has 0 unspecified atom stereocenters. The van der Waals surface area contributed by atoms with Gasteiger partial charge in [-0.15, -0.1) is 0 Å². The summed E-state index contributed by atoms with van der Waals surface area (Å²) in [5, 5.41) is 0. The zero-order valence-electron chi connectivity index (χ0n) is 23.0. The second-order valence-corrected chi connectivity index (χ2v) is 10.1. The normalized spacial score (nSPS) is 11.3. The summed E-state index contributed by atoms with van der Waals surface area (Å²) in [6.45, 7) is 8.40. The van der Waals surface area contributed by atoms with Gasteiger partial charge in [0.2, 0.25) is 0 Å². The molecule has 0 fully saturated rings.